The molecule has 8 heteroatoms. The third-order valence-corrected chi connectivity index (χ3v) is 4.54. The summed E-state index contributed by atoms with van der Waals surface area (Å²) < 4.78 is 4.65. The molecular weight excluding hydrogens is 388 g/mol. The zero-order chi connectivity index (χ0) is 23.1. The molecule has 0 saturated carbocycles. The number of carboxylic acids is 1. The number of carbonyl (C=O) groups excluding carboxylic acids is 3. The van der Waals surface area contributed by atoms with Crippen molar-refractivity contribution in [2.75, 3.05) is 12.4 Å². The fourth-order valence-electron chi connectivity index (χ4n) is 3.02. The molecule has 0 heterocycles. The number of ether oxygens (including phenoxy) is 1. The number of benzene rings is 1. The van der Waals surface area contributed by atoms with Gasteiger partial charge in [0.2, 0.25) is 11.8 Å². The van der Waals surface area contributed by atoms with Crippen LogP contribution in [0, 0.1) is 17.3 Å². The van der Waals surface area contributed by atoms with Gasteiger partial charge in [-0.3, -0.25) is 14.4 Å². The second kappa shape index (κ2) is 10.8. The molecule has 2 atom stereocenters. The monoisotopic (exact) mass is 420 g/mol. The average molecular weight is 421 g/mol. The van der Waals surface area contributed by atoms with Crippen LogP contribution >= 0.6 is 0 Å². The number of esters is 1. The van der Waals surface area contributed by atoms with Gasteiger partial charge in [0, 0.05) is 11.6 Å². The van der Waals surface area contributed by atoms with Crippen molar-refractivity contribution in [3.63, 3.8) is 0 Å². The van der Waals surface area contributed by atoms with Crippen LogP contribution in [0.25, 0.3) is 0 Å². The summed E-state index contributed by atoms with van der Waals surface area (Å²) in [5, 5.41) is 14.6. The molecule has 0 spiro atoms. The molecule has 0 aliphatic carbocycles. The lowest BCUT2D eigenvalue weighted by molar-refractivity contribution is -0.142. The van der Waals surface area contributed by atoms with E-state index in [0.717, 1.165) is 0 Å². The first-order valence-electron chi connectivity index (χ1n) is 9.86. The van der Waals surface area contributed by atoms with Crippen LogP contribution in [-0.2, 0) is 19.1 Å². The summed E-state index contributed by atoms with van der Waals surface area (Å²) >= 11 is 0. The van der Waals surface area contributed by atoms with Gasteiger partial charge in [0.1, 0.15) is 6.04 Å². The Kier molecular flexibility index (Phi) is 9.01. The van der Waals surface area contributed by atoms with Crippen molar-refractivity contribution in [3.05, 3.63) is 29.8 Å². The molecule has 0 aliphatic rings. The lowest BCUT2D eigenvalue weighted by atomic mass is 9.85. The van der Waals surface area contributed by atoms with Gasteiger partial charge in [-0.2, -0.15) is 0 Å². The van der Waals surface area contributed by atoms with Gasteiger partial charge < -0.3 is 20.5 Å². The van der Waals surface area contributed by atoms with E-state index in [4.69, 9.17) is 5.11 Å². The zero-order valence-electron chi connectivity index (χ0n) is 18.4. The Morgan fingerprint density at radius 2 is 1.60 bits per heavy atom. The Labute approximate surface area is 177 Å². The third kappa shape index (κ3) is 7.85. The first-order chi connectivity index (χ1) is 13.8. The van der Waals surface area contributed by atoms with Crippen molar-refractivity contribution in [1.82, 2.24) is 5.32 Å². The number of carbonyl (C=O) groups is 4. The van der Waals surface area contributed by atoms with E-state index in [-0.39, 0.29) is 12.3 Å². The first-order valence-corrected chi connectivity index (χ1v) is 9.86. The maximum atomic E-state index is 12.9. The van der Waals surface area contributed by atoms with Crippen LogP contribution in [0.3, 0.4) is 0 Å². The molecule has 0 aliphatic heterocycles. The van der Waals surface area contributed by atoms with Gasteiger partial charge in [-0.25, -0.2) is 4.79 Å². The maximum absolute atomic E-state index is 12.9. The summed E-state index contributed by atoms with van der Waals surface area (Å²) in [5.74, 6) is -3.02. The minimum Gasteiger partial charge on any atom is -0.481 e. The average Bonchev–Trinajstić information content (AvgIpc) is 2.63. The van der Waals surface area contributed by atoms with Crippen molar-refractivity contribution in [2.45, 2.75) is 53.5 Å². The summed E-state index contributed by atoms with van der Waals surface area (Å²) in [6, 6.07) is 5.30. The molecule has 166 valence electrons. The molecule has 3 N–H and O–H groups in total. The van der Waals surface area contributed by atoms with E-state index in [1.807, 2.05) is 34.6 Å². The molecule has 1 aromatic rings. The number of aliphatic carboxylic acids is 1. The normalized spacial score (nSPS) is 13.3. The smallest absolute Gasteiger partial charge is 0.337 e. The number of hydrogen-bond donors (Lipinski definition) is 3. The number of hydrogen-bond acceptors (Lipinski definition) is 5. The van der Waals surface area contributed by atoms with Crippen LogP contribution in [0.5, 0.6) is 0 Å². The van der Waals surface area contributed by atoms with E-state index in [9.17, 15) is 19.2 Å². The van der Waals surface area contributed by atoms with Crippen molar-refractivity contribution in [2.24, 2.45) is 17.3 Å². The number of methoxy groups -OCH3 is 1. The lowest BCUT2D eigenvalue weighted by Gasteiger charge is -2.31. The third-order valence-electron chi connectivity index (χ3n) is 4.54. The molecule has 30 heavy (non-hydrogen) atoms. The predicted octanol–water partition coefficient (Wildman–Crippen LogP) is 3.08. The summed E-state index contributed by atoms with van der Waals surface area (Å²) in [7, 11) is 1.28. The Balaban J connectivity index is 2.97. The second-order valence-electron chi connectivity index (χ2n) is 8.79. The summed E-state index contributed by atoms with van der Waals surface area (Å²) in [5.41, 5.74) is 0.193. The molecule has 2 unspecified atom stereocenters. The molecule has 0 fully saturated rings. The van der Waals surface area contributed by atoms with Gasteiger partial charge in [-0.15, -0.1) is 0 Å². The summed E-state index contributed by atoms with van der Waals surface area (Å²) in [6.45, 7) is 9.26. The van der Waals surface area contributed by atoms with Crippen LogP contribution in [0.1, 0.15) is 57.8 Å². The van der Waals surface area contributed by atoms with E-state index in [2.05, 4.69) is 15.4 Å². The zero-order valence-corrected chi connectivity index (χ0v) is 18.4. The van der Waals surface area contributed by atoms with Crippen LogP contribution < -0.4 is 10.6 Å². The largest absolute Gasteiger partial charge is 0.481 e. The Bertz CT molecular complexity index is 765. The van der Waals surface area contributed by atoms with E-state index >= 15 is 0 Å². The second-order valence-corrected chi connectivity index (χ2v) is 8.79. The Hall–Kier alpha value is -2.90. The Morgan fingerprint density at radius 3 is 2.03 bits per heavy atom. The lowest BCUT2D eigenvalue weighted by Crippen LogP contribution is -2.53. The van der Waals surface area contributed by atoms with Crippen molar-refractivity contribution in [1.29, 1.82) is 0 Å². The highest BCUT2D eigenvalue weighted by Crippen LogP contribution is 2.23. The van der Waals surface area contributed by atoms with Crippen LogP contribution in [-0.4, -0.2) is 42.0 Å². The van der Waals surface area contributed by atoms with Gasteiger partial charge >= 0.3 is 11.9 Å². The molecule has 1 aromatic carbocycles. The van der Waals surface area contributed by atoms with Gasteiger partial charge in [0.05, 0.1) is 19.1 Å². The number of nitrogens with one attached hydrogen (secondary N) is 2. The van der Waals surface area contributed by atoms with Gasteiger partial charge in [-0.1, -0.05) is 34.6 Å². The SMILES string of the molecule is COC(=O)c1ccc(NC(=O)C(NC(=O)C(CC(=O)O)CC(C)C)C(C)(C)C)cc1. The molecule has 8 nitrogen and oxygen atoms in total. The van der Waals surface area contributed by atoms with Gasteiger partial charge in [0.25, 0.3) is 0 Å². The van der Waals surface area contributed by atoms with E-state index in [0.29, 0.717) is 17.7 Å². The highest BCUT2D eigenvalue weighted by Gasteiger charge is 2.35. The minimum absolute atomic E-state index is 0.135. The number of carboxylic acid groups (broad SMARTS) is 1. The molecule has 1 rings (SSSR count). The molecule has 0 radical (unpaired) electrons. The van der Waals surface area contributed by atoms with Crippen LogP contribution in [0.2, 0.25) is 0 Å². The Morgan fingerprint density at radius 1 is 1.03 bits per heavy atom. The predicted molar refractivity (Wildman–Crippen MR) is 113 cm³/mol. The molecule has 0 saturated heterocycles. The minimum atomic E-state index is -1.06. The topological polar surface area (TPSA) is 122 Å². The first kappa shape index (κ1) is 25.1. The van der Waals surface area contributed by atoms with Gasteiger partial charge in [-0.05, 0) is 42.0 Å². The molecular formula is C22H32N2O6. The standard InChI is InChI=1S/C22H32N2O6/c1-13(2)11-15(12-17(25)26)19(27)24-18(22(3,4)5)20(28)23-16-9-7-14(8-10-16)21(29)30-6/h7-10,13,15,18H,11-12H2,1-6H3,(H,23,28)(H,24,27)(H,25,26). The number of rotatable bonds is 9. The van der Waals surface area contributed by atoms with Crippen molar-refractivity contribution in [3.8, 4) is 0 Å². The fraction of sp³-hybridized carbons (Fsp3) is 0.545. The quantitative estimate of drug-likeness (QED) is 0.528. The number of amides is 2. The van der Waals surface area contributed by atoms with Crippen LogP contribution in [0.15, 0.2) is 24.3 Å². The maximum Gasteiger partial charge on any atom is 0.337 e. The van der Waals surface area contributed by atoms with E-state index in [1.165, 1.54) is 19.2 Å². The summed E-state index contributed by atoms with van der Waals surface area (Å²) in [4.78, 5) is 48.4. The van der Waals surface area contributed by atoms with Crippen molar-refractivity contribution >= 4 is 29.4 Å². The highest BCUT2D eigenvalue weighted by molar-refractivity contribution is 5.98. The van der Waals surface area contributed by atoms with Crippen LogP contribution in [0.4, 0.5) is 5.69 Å². The van der Waals surface area contributed by atoms with Crippen molar-refractivity contribution < 1.29 is 29.0 Å². The highest BCUT2D eigenvalue weighted by atomic mass is 16.5. The molecule has 0 aromatic heterocycles. The molecule has 2 amide bonds. The molecule has 0 bridgehead atoms. The fourth-order valence-corrected chi connectivity index (χ4v) is 3.02. The van der Waals surface area contributed by atoms with E-state index < -0.39 is 41.1 Å². The van der Waals surface area contributed by atoms with Gasteiger partial charge in [0.15, 0.2) is 0 Å². The number of anilines is 1. The summed E-state index contributed by atoms with van der Waals surface area (Å²) in [6.07, 6.45) is 0.114. The van der Waals surface area contributed by atoms with E-state index in [1.54, 1.807) is 12.1 Å².